The van der Waals surface area contributed by atoms with Crippen molar-refractivity contribution in [1.82, 2.24) is 4.98 Å². The molecule has 2 N–H and O–H groups in total. The summed E-state index contributed by atoms with van der Waals surface area (Å²) in [6.07, 6.45) is 0.959. The molecule has 1 atom stereocenters. The van der Waals surface area contributed by atoms with Gasteiger partial charge in [-0.25, -0.2) is 0 Å². The number of nitrogens with two attached hydrogens (primary N) is 1. The predicted octanol–water partition coefficient (Wildman–Crippen LogP) is 2.99. The molecule has 0 saturated heterocycles. The maximum absolute atomic E-state index is 5.66. The highest BCUT2D eigenvalue weighted by Crippen LogP contribution is 2.20. The molecule has 0 aliphatic heterocycles. The van der Waals surface area contributed by atoms with Crippen LogP contribution in [0.25, 0.3) is 10.9 Å². The van der Waals surface area contributed by atoms with Gasteiger partial charge in [-0.15, -0.1) is 0 Å². The van der Waals surface area contributed by atoms with Crippen molar-refractivity contribution in [3.05, 3.63) is 41.1 Å². The number of hydrogen-bond acceptors (Lipinski definition) is 2. The Bertz CT molecular complexity index is 532. The van der Waals surface area contributed by atoms with Crippen LogP contribution in [0.5, 0.6) is 0 Å². The van der Waals surface area contributed by atoms with Crippen LogP contribution in [0.3, 0.4) is 0 Å². The Morgan fingerprint density at radius 3 is 2.71 bits per heavy atom. The first kappa shape index (κ1) is 12.1. The fourth-order valence-electron chi connectivity index (χ4n) is 2.12. The maximum Gasteiger partial charge on any atom is 0.0708 e. The summed E-state index contributed by atoms with van der Waals surface area (Å²) in [4.78, 5) is 4.71. The Morgan fingerprint density at radius 2 is 2.00 bits per heavy atom. The number of hydrogen-bond donors (Lipinski definition) is 1. The van der Waals surface area contributed by atoms with E-state index in [0.717, 1.165) is 17.6 Å². The zero-order chi connectivity index (χ0) is 12.4. The van der Waals surface area contributed by atoms with E-state index in [4.69, 9.17) is 10.7 Å². The van der Waals surface area contributed by atoms with Gasteiger partial charge in [-0.1, -0.05) is 18.6 Å². The van der Waals surface area contributed by atoms with E-state index in [2.05, 4.69) is 45.0 Å². The molecule has 0 spiro atoms. The van der Waals surface area contributed by atoms with E-state index in [-0.39, 0.29) is 0 Å². The number of pyridine rings is 1. The Hall–Kier alpha value is -1.41. The number of fused-ring (bicyclic) bond motifs is 1. The topological polar surface area (TPSA) is 38.9 Å². The zero-order valence-electron chi connectivity index (χ0n) is 10.8. The second-order valence-electron chi connectivity index (χ2n) is 5.00. The van der Waals surface area contributed by atoms with Crippen molar-refractivity contribution >= 4 is 10.9 Å². The Kier molecular flexibility index (Phi) is 3.43. The van der Waals surface area contributed by atoms with Crippen molar-refractivity contribution in [3.8, 4) is 0 Å². The zero-order valence-corrected chi connectivity index (χ0v) is 10.8. The summed E-state index contributed by atoms with van der Waals surface area (Å²) >= 11 is 0. The van der Waals surface area contributed by atoms with Crippen molar-refractivity contribution in [1.29, 1.82) is 0 Å². The molecule has 1 heterocycles. The lowest BCUT2D eigenvalue weighted by atomic mass is 10.0. The summed E-state index contributed by atoms with van der Waals surface area (Å²) in [7, 11) is 0. The first-order valence-electron chi connectivity index (χ1n) is 6.17. The van der Waals surface area contributed by atoms with Crippen LogP contribution in [0.4, 0.5) is 0 Å². The van der Waals surface area contributed by atoms with Gasteiger partial charge in [0.1, 0.15) is 0 Å². The van der Waals surface area contributed by atoms with Crippen molar-refractivity contribution in [2.75, 3.05) is 6.54 Å². The van der Waals surface area contributed by atoms with Crippen molar-refractivity contribution in [3.63, 3.8) is 0 Å². The molecule has 0 saturated carbocycles. The summed E-state index contributed by atoms with van der Waals surface area (Å²) in [6.45, 7) is 7.15. The van der Waals surface area contributed by atoms with E-state index in [1.165, 1.54) is 16.5 Å². The lowest BCUT2D eigenvalue weighted by Crippen LogP contribution is -2.14. The van der Waals surface area contributed by atoms with Crippen LogP contribution in [-0.2, 0) is 6.42 Å². The van der Waals surface area contributed by atoms with Crippen LogP contribution in [0, 0.1) is 19.8 Å². The summed E-state index contributed by atoms with van der Waals surface area (Å²) in [5.74, 6) is 0.491. The molecule has 2 nitrogen and oxygen atoms in total. The summed E-state index contributed by atoms with van der Waals surface area (Å²) in [5, 5.41) is 1.26. The summed E-state index contributed by atoms with van der Waals surface area (Å²) < 4.78 is 0. The highest BCUT2D eigenvalue weighted by molar-refractivity contribution is 5.82. The van der Waals surface area contributed by atoms with Crippen LogP contribution in [-0.4, -0.2) is 11.5 Å². The predicted molar refractivity (Wildman–Crippen MR) is 73.1 cm³/mol. The van der Waals surface area contributed by atoms with Crippen molar-refractivity contribution in [2.45, 2.75) is 27.2 Å². The second kappa shape index (κ2) is 4.84. The highest BCUT2D eigenvalue weighted by atomic mass is 14.7. The monoisotopic (exact) mass is 228 g/mol. The fraction of sp³-hybridized carbons (Fsp3) is 0.400. The van der Waals surface area contributed by atoms with E-state index in [1.54, 1.807) is 0 Å². The van der Waals surface area contributed by atoms with Crippen LogP contribution in [0.1, 0.15) is 23.7 Å². The first-order chi connectivity index (χ1) is 8.10. The molecule has 1 unspecified atom stereocenters. The average Bonchev–Trinajstić information content (AvgIpc) is 2.30. The fourth-order valence-corrected chi connectivity index (χ4v) is 2.12. The number of nitrogens with zero attached hydrogens (tertiary/aromatic N) is 1. The SMILES string of the molecule is Cc1ccc2nc(CC(C)CN)cc(C)c2c1. The van der Waals surface area contributed by atoms with Gasteiger partial charge < -0.3 is 5.73 Å². The molecule has 0 bridgehead atoms. The van der Waals surface area contributed by atoms with E-state index in [9.17, 15) is 0 Å². The average molecular weight is 228 g/mol. The van der Waals surface area contributed by atoms with Crippen LogP contribution in [0.15, 0.2) is 24.3 Å². The summed E-state index contributed by atoms with van der Waals surface area (Å²) in [6, 6.07) is 8.61. The smallest absolute Gasteiger partial charge is 0.0708 e. The van der Waals surface area contributed by atoms with Gasteiger partial charge in [0.25, 0.3) is 0 Å². The van der Waals surface area contributed by atoms with Crippen molar-refractivity contribution < 1.29 is 0 Å². The number of benzene rings is 1. The van der Waals surface area contributed by atoms with Gasteiger partial charge >= 0.3 is 0 Å². The Morgan fingerprint density at radius 1 is 1.24 bits per heavy atom. The van der Waals surface area contributed by atoms with Gasteiger partial charge in [-0.05, 0) is 56.5 Å². The van der Waals surface area contributed by atoms with Gasteiger partial charge in [0.15, 0.2) is 0 Å². The minimum Gasteiger partial charge on any atom is -0.330 e. The van der Waals surface area contributed by atoms with E-state index in [1.807, 2.05) is 0 Å². The minimum atomic E-state index is 0.491. The number of aromatic nitrogens is 1. The van der Waals surface area contributed by atoms with Gasteiger partial charge in [0.05, 0.1) is 5.52 Å². The van der Waals surface area contributed by atoms with Crippen LogP contribution >= 0.6 is 0 Å². The molecule has 90 valence electrons. The third kappa shape index (κ3) is 2.64. The largest absolute Gasteiger partial charge is 0.330 e. The molecule has 2 heteroatoms. The lowest BCUT2D eigenvalue weighted by molar-refractivity contribution is 0.585. The molecular weight excluding hydrogens is 208 g/mol. The summed E-state index contributed by atoms with van der Waals surface area (Å²) in [5.41, 5.74) is 10.5. The standard InChI is InChI=1S/C15H20N2/c1-10-4-5-15-14(7-10)12(3)8-13(17-15)6-11(2)9-16/h4-5,7-8,11H,6,9,16H2,1-3H3. The second-order valence-corrected chi connectivity index (χ2v) is 5.00. The third-order valence-corrected chi connectivity index (χ3v) is 3.18. The molecule has 17 heavy (non-hydrogen) atoms. The number of rotatable bonds is 3. The molecule has 0 radical (unpaired) electrons. The number of aryl methyl sites for hydroxylation is 2. The molecule has 0 amide bonds. The van der Waals surface area contributed by atoms with Gasteiger partial charge in [0.2, 0.25) is 0 Å². The molecule has 2 aromatic rings. The maximum atomic E-state index is 5.66. The van der Waals surface area contributed by atoms with E-state index >= 15 is 0 Å². The van der Waals surface area contributed by atoms with Gasteiger partial charge in [-0.2, -0.15) is 0 Å². The highest BCUT2D eigenvalue weighted by Gasteiger charge is 2.06. The molecular formula is C15H20N2. The van der Waals surface area contributed by atoms with Gasteiger partial charge in [-0.3, -0.25) is 4.98 Å². The molecule has 2 rings (SSSR count). The quantitative estimate of drug-likeness (QED) is 0.877. The van der Waals surface area contributed by atoms with Crippen molar-refractivity contribution in [2.24, 2.45) is 11.7 Å². The van der Waals surface area contributed by atoms with Crippen LogP contribution < -0.4 is 5.73 Å². The lowest BCUT2D eigenvalue weighted by Gasteiger charge is -2.10. The Balaban J connectivity index is 2.45. The van der Waals surface area contributed by atoms with E-state index < -0.39 is 0 Å². The minimum absolute atomic E-state index is 0.491. The van der Waals surface area contributed by atoms with Crippen LogP contribution in [0.2, 0.25) is 0 Å². The van der Waals surface area contributed by atoms with Gasteiger partial charge in [0, 0.05) is 11.1 Å². The third-order valence-electron chi connectivity index (χ3n) is 3.18. The first-order valence-corrected chi connectivity index (χ1v) is 6.17. The molecule has 1 aromatic carbocycles. The van der Waals surface area contributed by atoms with E-state index in [0.29, 0.717) is 12.5 Å². The molecule has 0 aliphatic carbocycles. The molecule has 0 fully saturated rings. The normalized spacial score (nSPS) is 12.9. The molecule has 0 aliphatic rings. The molecule has 1 aromatic heterocycles. The Labute approximate surface area is 103 Å².